The quantitative estimate of drug-likeness (QED) is 0.795. The number of anilines is 1. The van der Waals surface area contributed by atoms with Crippen LogP contribution >= 0.6 is 11.5 Å². The molecule has 0 saturated heterocycles. The molecule has 1 heterocycles. The Morgan fingerprint density at radius 3 is 3.07 bits per heavy atom. The zero-order valence-electron chi connectivity index (χ0n) is 7.60. The number of nitriles is 1. The molecule has 0 aliphatic carbocycles. The molecule has 14 heavy (non-hydrogen) atoms. The van der Waals surface area contributed by atoms with Gasteiger partial charge in [-0.3, -0.25) is 10.1 Å². The standard InChI is InChI=1S/C7H9N5OS/c1-2-3-5(4-8)6(13)9-7-10-11-12-14-7/h5H,2-3H2,1H3,(H,9,10,12,13). The highest BCUT2D eigenvalue weighted by Gasteiger charge is 2.17. The van der Waals surface area contributed by atoms with Crippen molar-refractivity contribution in [3.05, 3.63) is 0 Å². The number of amides is 1. The fraction of sp³-hybridized carbons (Fsp3) is 0.571. The van der Waals surface area contributed by atoms with E-state index in [1.54, 1.807) is 0 Å². The van der Waals surface area contributed by atoms with Crippen LogP contribution in [0.1, 0.15) is 19.8 Å². The summed E-state index contributed by atoms with van der Waals surface area (Å²) in [5, 5.41) is 18.4. The van der Waals surface area contributed by atoms with Crippen LogP contribution in [0.2, 0.25) is 0 Å². The highest BCUT2D eigenvalue weighted by Crippen LogP contribution is 2.10. The summed E-state index contributed by atoms with van der Waals surface area (Å²) in [4.78, 5) is 11.4. The smallest absolute Gasteiger partial charge is 0.243 e. The summed E-state index contributed by atoms with van der Waals surface area (Å²) in [5.41, 5.74) is 0. The molecule has 6 nitrogen and oxygen atoms in total. The lowest BCUT2D eigenvalue weighted by atomic mass is 10.1. The van der Waals surface area contributed by atoms with Crippen molar-refractivity contribution in [3.8, 4) is 6.07 Å². The van der Waals surface area contributed by atoms with Crippen molar-refractivity contribution in [1.29, 1.82) is 5.26 Å². The molecule has 1 amide bonds. The van der Waals surface area contributed by atoms with Crippen LogP contribution in [0.25, 0.3) is 0 Å². The van der Waals surface area contributed by atoms with E-state index in [9.17, 15) is 4.79 Å². The Morgan fingerprint density at radius 2 is 2.57 bits per heavy atom. The third kappa shape index (κ3) is 2.74. The monoisotopic (exact) mass is 211 g/mol. The first kappa shape index (κ1) is 10.5. The van der Waals surface area contributed by atoms with Gasteiger partial charge >= 0.3 is 0 Å². The highest BCUT2D eigenvalue weighted by molar-refractivity contribution is 7.09. The number of nitrogens with one attached hydrogen (secondary N) is 1. The van der Waals surface area contributed by atoms with E-state index in [4.69, 9.17) is 5.26 Å². The molecule has 0 aliphatic rings. The lowest BCUT2D eigenvalue weighted by Gasteiger charge is -2.05. The van der Waals surface area contributed by atoms with Gasteiger partial charge in [0.05, 0.1) is 6.07 Å². The molecule has 0 bridgehead atoms. The van der Waals surface area contributed by atoms with Gasteiger partial charge in [-0.25, -0.2) is 0 Å². The molecule has 0 saturated carbocycles. The number of carbonyl (C=O) groups is 1. The van der Waals surface area contributed by atoms with E-state index in [2.05, 4.69) is 20.1 Å². The van der Waals surface area contributed by atoms with Gasteiger partial charge in [0.2, 0.25) is 11.0 Å². The molecule has 0 radical (unpaired) electrons. The van der Waals surface area contributed by atoms with Gasteiger partial charge in [0.1, 0.15) is 5.92 Å². The Balaban J connectivity index is 2.53. The fourth-order valence-corrected chi connectivity index (χ4v) is 1.29. The molecule has 1 aromatic rings. The molecule has 0 aliphatic heterocycles. The van der Waals surface area contributed by atoms with Crippen LogP contribution in [-0.4, -0.2) is 20.7 Å². The first-order chi connectivity index (χ1) is 6.77. The Hall–Kier alpha value is -1.55. The van der Waals surface area contributed by atoms with Crippen molar-refractivity contribution in [1.82, 2.24) is 14.8 Å². The van der Waals surface area contributed by atoms with E-state index in [0.717, 1.165) is 18.0 Å². The SMILES string of the molecule is CCCC(C#N)C(=O)Nc1nnns1. The molecule has 1 atom stereocenters. The molecule has 0 spiro atoms. The van der Waals surface area contributed by atoms with Gasteiger partial charge in [0, 0.05) is 11.5 Å². The normalized spacial score (nSPS) is 11.7. The summed E-state index contributed by atoms with van der Waals surface area (Å²) >= 11 is 0.984. The minimum atomic E-state index is -0.621. The second-order valence-corrected chi connectivity index (χ2v) is 3.36. The van der Waals surface area contributed by atoms with Crippen LogP contribution in [-0.2, 0) is 4.79 Å². The zero-order valence-corrected chi connectivity index (χ0v) is 8.41. The highest BCUT2D eigenvalue weighted by atomic mass is 32.1. The lowest BCUT2D eigenvalue weighted by Crippen LogP contribution is -2.21. The second kappa shape index (κ2) is 5.24. The van der Waals surface area contributed by atoms with E-state index in [-0.39, 0.29) is 5.91 Å². The lowest BCUT2D eigenvalue weighted by molar-refractivity contribution is -0.118. The molecule has 7 heteroatoms. The van der Waals surface area contributed by atoms with Crippen molar-refractivity contribution in [3.63, 3.8) is 0 Å². The number of hydrogen-bond acceptors (Lipinski definition) is 6. The molecule has 1 unspecified atom stereocenters. The summed E-state index contributed by atoms with van der Waals surface area (Å²) < 4.78 is 3.49. The van der Waals surface area contributed by atoms with Gasteiger partial charge in [0.15, 0.2) is 0 Å². The number of nitrogens with zero attached hydrogens (tertiary/aromatic N) is 4. The Labute approximate surface area is 85.1 Å². The summed E-state index contributed by atoms with van der Waals surface area (Å²) in [7, 11) is 0. The van der Waals surface area contributed by atoms with Crippen molar-refractivity contribution in [2.75, 3.05) is 5.32 Å². The van der Waals surface area contributed by atoms with Gasteiger partial charge in [-0.15, -0.1) is 0 Å². The number of carbonyl (C=O) groups excluding carboxylic acids is 1. The van der Waals surface area contributed by atoms with Crippen LogP contribution in [0.3, 0.4) is 0 Å². The predicted molar refractivity (Wildman–Crippen MR) is 50.3 cm³/mol. The average molecular weight is 211 g/mol. The maximum atomic E-state index is 11.4. The van der Waals surface area contributed by atoms with Crippen LogP contribution in [0.15, 0.2) is 0 Å². The van der Waals surface area contributed by atoms with Gasteiger partial charge in [-0.1, -0.05) is 22.9 Å². The first-order valence-electron chi connectivity index (χ1n) is 4.13. The average Bonchev–Trinajstić information content (AvgIpc) is 2.66. The molecule has 1 rings (SSSR count). The van der Waals surface area contributed by atoms with Crippen molar-refractivity contribution in [2.45, 2.75) is 19.8 Å². The third-order valence-corrected chi connectivity index (χ3v) is 2.09. The van der Waals surface area contributed by atoms with Crippen LogP contribution in [0.5, 0.6) is 0 Å². The van der Waals surface area contributed by atoms with Crippen molar-refractivity contribution >= 4 is 22.6 Å². The predicted octanol–water partition coefficient (Wildman–Crippen LogP) is 0.811. The minimum absolute atomic E-state index is 0.325. The van der Waals surface area contributed by atoms with Crippen LogP contribution < -0.4 is 5.32 Å². The maximum Gasteiger partial charge on any atom is 0.243 e. The van der Waals surface area contributed by atoms with Gasteiger partial charge < -0.3 is 0 Å². The largest absolute Gasteiger partial charge is 0.298 e. The number of hydrogen-bond donors (Lipinski definition) is 1. The van der Waals surface area contributed by atoms with E-state index in [1.807, 2.05) is 13.0 Å². The Kier molecular flexibility index (Phi) is 3.94. The van der Waals surface area contributed by atoms with E-state index < -0.39 is 5.92 Å². The Bertz CT molecular complexity index is 330. The summed E-state index contributed by atoms with van der Waals surface area (Å²) in [6.45, 7) is 1.92. The maximum absolute atomic E-state index is 11.4. The fourth-order valence-electron chi connectivity index (χ4n) is 0.917. The van der Waals surface area contributed by atoms with Gasteiger partial charge in [0.25, 0.3) is 0 Å². The van der Waals surface area contributed by atoms with Crippen LogP contribution in [0.4, 0.5) is 5.13 Å². The number of rotatable bonds is 4. The van der Waals surface area contributed by atoms with Crippen LogP contribution in [0, 0.1) is 17.2 Å². The summed E-state index contributed by atoms with van der Waals surface area (Å²) in [5.74, 6) is -0.961. The van der Waals surface area contributed by atoms with Crippen molar-refractivity contribution in [2.24, 2.45) is 5.92 Å². The molecular formula is C7H9N5OS. The summed E-state index contributed by atoms with van der Waals surface area (Å²) in [6.07, 6.45) is 1.34. The molecular weight excluding hydrogens is 202 g/mol. The third-order valence-electron chi connectivity index (χ3n) is 1.58. The molecule has 0 fully saturated rings. The minimum Gasteiger partial charge on any atom is -0.298 e. The Morgan fingerprint density at radius 1 is 1.79 bits per heavy atom. The topological polar surface area (TPSA) is 91.6 Å². The zero-order chi connectivity index (χ0) is 10.4. The number of aromatic nitrogens is 3. The van der Waals surface area contributed by atoms with E-state index in [0.29, 0.717) is 11.6 Å². The molecule has 1 N–H and O–H groups in total. The molecule has 1 aromatic heterocycles. The van der Waals surface area contributed by atoms with Crippen molar-refractivity contribution < 1.29 is 4.79 Å². The van der Waals surface area contributed by atoms with E-state index in [1.165, 1.54) is 0 Å². The van der Waals surface area contributed by atoms with Gasteiger partial charge in [-0.2, -0.15) is 5.26 Å². The summed E-state index contributed by atoms with van der Waals surface area (Å²) in [6, 6.07) is 1.94. The van der Waals surface area contributed by atoms with E-state index >= 15 is 0 Å². The first-order valence-corrected chi connectivity index (χ1v) is 4.90. The second-order valence-electron chi connectivity index (χ2n) is 2.63. The van der Waals surface area contributed by atoms with Gasteiger partial charge in [-0.05, 0) is 11.6 Å². The molecule has 0 aromatic carbocycles. The molecule has 74 valence electrons.